The summed E-state index contributed by atoms with van der Waals surface area (Å²) in [5, 5.41) is 13.3. The molecule has 0 fully saturated rings. The van der Waals surface area contributed by atoms with Crippen LogP contribution in [-0.2, 0) is 4.79 Å². The number of carbonyl (C=O) groups excluding carboxylic acids is 1. The summed E-state index contributed by atoms with van der Waals surface area (Å²) in [4.78, 5) is 18.3. The fraction of sp³-hybridized carbons (Fsp3) is 0.242. The van der Waals surface area contributed by atoms with Gasteiger partial charge in [0.15, 0.2) is 11.5 Å². The lowest BCUT2D eigenvalue weighted by Crippen LogP contribution is -2.24. The quantitative estimate of drug-likeness (QED) is 0.174. The third-order valence-corrected chi connectivity index (χ3v) is 7.84. The minimum Gasteiger partial charge on any atom is -0.494 e. The van der Waals surface area contributed by atoms with E-state index in [4.69, 9.17) is 23.9 Å². The number of nitrogens with zero attached hydrogens (tertiary/aromatic N) is 2. The molecule has 1 aromatic heterocycles. The number of carbonyl (C=O) groups is 1. The zero-order valence-electron chi connectivity index (χ0n) is 24.3. The van der Waals surface area contributed by atoms with Crippen LogP contribution in [0.15, 0.2) is 77.8 Å². The molecule has 4 rings (SSSR count). The highest BCUT2D eigenvalue weighted by molar-refractivity contribution is 8.00. The van der Waals surface area contributed by atoms with Gasteiger partial charge < -0.3 is 24.3 Å². The average molecular weight is 584 g/mol. The maximum Gasteiger partial charge on any atom is 0.237 e. The summed E-state index contributed by atoms with van der Waals surface area (Å²) in [5.41, 5.74) is 3.88. The van der Waals surface area contributed by atoms with Crippen molar-refractivity contribution in [1.29, 1.82) is 5.26 Å². The second-order valence-corrected chi connectivity index (χ2v) is 10.3. The Bertz CT molecular complexity index is 1540. The molecule has 3 aromatic carbocycles. The Morgan fingerprint density at radius 2 is 1.60 bits per heavy atom. The van der Waals surface area contributed by atoms with Gasteiger partial charge in [-0.25, -0.2) is 4.98 Å². The molecule has 0 radical (unpaired) electrons. The summed E-state index contributed by atoms with van der Waals surface area (Å²) in [5.74, 6) is 1.92. The van der Waals surface area contributed by atoms with Crippen LogP contribution in [0.5, 0.6) is 23.0 Å². The van der Waals surface area contributed by atoms with Gasteiger partial charge in [-0.05, 0) is 61.4 Å². The highest BCUT2D eigenvalue weighted by Crippen LogP contribution is 2.44. The maximum atomic E-state index is 13.4. The van der Waals surface area contributed by atoms with Crippen molar-refractivity contribution in [3.05, 3.63) is 78.4 Å². The topological polar surface area (TPSA) is 103 Å². The predicted molar refractivity (Wildman–Crippen MR) is 166 cm³/mol. The first-order valence-corrected chi connectivity index (χ1v) is 14.3. The molecule has 216 valence electrons. The van der Waals surface area contributed by atoms with Gasteiger partial charge in [-0.15, -0.1) is 0 Å². The van der Waals surface area contributed by atoms with Crippen molar-refractivity contribution in [1.82, 2.24) is 4.98 Å². The number of thioether (sulfide) groups is 1. The molecule has 8 nitrogen and oxygen atoms in total. The molecule has 0 saturated heterocycles. The van der Waals surface area contributed by atoms with Crippen LogP contribution in [-0.4, -0.2) is 44.1 Å². The molecule has 0 aliphatic heterocycles. The van der Waals surface area contributed by atoms with Gasteiger partial charge in [0.25, 0.3) is 0 Å². The standard InChI is InChI=1S/C33H33N3O5S/c1-6-30(32(37)35-23-13-15-24(16-14-23)41-7-2)42-33-26(20-34)25(19-27(36-33)21-11-9-8-10-12-21)22-17-28(38-3)31(40-5)29(18-22)39-4/h8-19,30H,6-7H2,1-5H3,(H,35,37). The summed E-state index contributed by atoms with van der Waals surface area (Å²) >= 11 is 1.27. The summed E-state index contributed by atoms with van der Waals surface area (Å²) in [6, 6.07) is 24.8. The Morgan fingerprint density at radius 3 is 2.14 bits per heavy atom. The number of hydrogen-bond acceptors (Lipinski definition) is 8. The highest BCUT2D eigenvalue weighted by atomic mass is 32.2. The highest BCUT2D eigenvalue weighted by Gasteiger charge is 2.25. The molecule has 1 unspecified atom stereocenters. The zero-order chi connectivity index (χ0) is 30.1. The van der Waals surface area contributed by atoms with Crippen molar-refractivity contribution in [3.63, 3.8) is 0 Å². The van der Waals surface area contributed by atoms with E-state index in [1.165, 1.54) is 11.8 Å². The van der Waals surface area contributed by atoms with Crippen molar-refractivity contribution in [3.8, 4) is 51.5 Å². The van der Waals surface area contributed by atoms with E-state index in [1.807, 2.05) is 62.4 Å². The molecule has 1 atom stereocenters. The van der Waals surface area contributed by atoms with E-state index in [-0.39, 0.29) is 5.91 Å². The number of nitriles is 1. The summed E-state index contributed by atoms with van der Waals surface area (Å²) in [7, 11) is 4.63. The number of methoxy groups -OCH3 is 3. The molecule has 0 saturated carbocycles. The van der Waals surface area contributed by atoms with Crippen LogP contribution in [0.1, 0.15) is 25.8 Å². The molecule has 0 bridgehead atoms. The van der Waals surface area contributed by atoms with Gasteiger partial charge in [-0.2, -0.15) is 5.26 Å². The molecule has 1 N–H and O–H groups in total. The maximum absolute atomic E-state index is 13.4. The number of aromatic nitrogens is 1. The smallest absolute Gasteiger partial charge is 0.237 e. The van der Waals surface area contributed by atoms with E-state index in [0.717, 1.165) is 11.3 Å². The molecule has 4 aromatic rings. The van der Waals surface area contributed by atoms with Crippen LogP contribution >= 0.6 is 11.8 Å². The monoisotopic (exact) mass is 583 g/mol. The summed E-state index contributed by atoms with van der Waals surface area (Å²) in [6.45, 7) is 4.42. The average Bonchev–Trinajstić information content (AvgIpc) is 3.03. The normalized spacial score (nSPS) is 11.2. The number of benzene rings is 3. The Labute approximate surface area is 250 Å². The zero-order valence-corrected chi connectivity index (χ0v) is 25.1. The van der Waals surface area contributed by atoms with Crippen molar-refractivity contribution in [2.24, 2.45) is 0 Å². The molecule has 9 heteroatoms. The summed E-state index contributed by atoms with van der Waals surface area (Å²) in [6.07, 6.45) is 0.523. The van der Waals surface area contributed by atoms with Gasteiger partial charge >= 0.3 is 0 Å². The number of amides is 1. The fourth-order valence-electron chi connectivity index (χ4n) is 4.42. The molecule has 0 aliphatic carbocycles. The fourth-order valence-corrected chi connectivity index (χ4v) is 5.44. The van der Waals surface area contributed by atoms with E-state index in [0.29, 0.717) is 63.4 Å². The largest absolute Gasteiger partial charge is 0.494 e. The Kier molecular flexibility index (Phi) is 10.3. The van der Waals surface area contributed by atoms with Gasteiger partial charge in [0.1, 0.15) is 16.8 Å². The van der Waals surface area contributed by atoms with Gasteiger partial charge in [-0.1, -0.05) is 49.0 Å². The molecule has 1 heterocycles. The van der Waals surface area contributed by atoms with Crippen molar-refractivity contribution in [2.45, 2.75) is 30.5 Å². The number of ether oxygens (including phenoxy) is 4. The van der Waals surface area contributed by atoms with Gasteiger partial charge in [-0.3, -0.25) is 4.79 Å². The number of anilines is 1. The predicted octanol–water partition coefficient (Wildman–Crippen LogP) is 7.22. The minimum absolute atomic E-state index is 0.184. The molecule has 0 aliphatic rings. The van der Waals surface area contributed by atoms with Crippen LogP contribution in [0.2, 0.25) is 0 Å². The van der Waals surface area contributed by atoms with E-state index in [1.54, 1.807) is 45.6 Å². The lowest BCUT2D eigenvalue weighted by atomic mass is 9.98. The van der Waals surface area contributed by atoms with Crippen LogP contribution in [0.25, 0.3) is 22.4 Å². The van der Waals surface area contributed by atoms with E-state index < -0.39 is 5.25 Å². The van der Waals surface area contributed by atoms with Crippen LogP contribution in [0, 0.1) is 11.3 Å². The number of hydrogen-bond donors (Lipinski definition) is 1. The van der Waals surface area contributed by atoms with Crippen molar-refractivity contribution >= 4 is 23.4 Å². The third-order valence-electron chi connectivity index (χ3n) is 6.49. The number of nitrogens with one attached hydrogen (secondary N) is 1. The molecule has 0 spiro atoms. The lowest BCUT2D eigenvalue weighted by molar-refractivity contribution is -0.115. The van der Waals surface area contributed by atoms with Crippen LogP contribution < -0.4 is 24.3 Å². The SMILES string of the molecule is CCOc1ccc(NC(=O)C(CC)Sc2nc(-c3ccccc3)cc(-c3cc(OC)c(OC)c(OC)c3)c2C#N)cc1. The van der Waals surface area contributed by atoms with Gasteiger partial charge in [0, 0.05) is 16.8 Å². The Morgan fingerprint density at radius 1 is 0.929 bits per heavy atom. The molecular formula is C33H33N3O5S. The number of pyridine rings is 1. The van der Waals surface area contributed by atoms with E-state index in [9.17, 15) is 10.1 Å². The summed E-state index contributed by atoms with van der Waals surface area (Å²) < 4.78 is 22.2. The lowest BCUT2D eigenvalue weighted by Gasteiger charge is -2.19. The van der Waals surface area contributed by atoms with Crippen molar-refractivity contribution in [2.75, 3.05) is 33.3 Å². The second-order valence-electron chi connectivity index (χ2n) is 9.09. The first-order valence-electron chi connectivity index (χ1n) is 13.5. The van der Waals surface area contributed by atoms with Gasteiger partial charge in [0.05, 0.1) is 44.4 Å². The van der Waals surface area contributed by atoms with Crippen LogP contribution in [0.3, 0.4) is 0 Å². The van der Waals surface area contributed by atoms with Crippen LogP contribution in [0.4, 0.5) is 5.69 Å². The molecule has 42 heavy (non-hydrogen) atoms. The van der Waals surface area contributed by atoms with Crippen molar-refractivity contribution < 1.29 is 23.7 Å². The van der Waals surface area contributed by atoms with E-state index in [2.05, 4.69) is 11.4 Å². The first-order chi connectivity index (χ1) is 20.5. The van der Waals surface area contributed by atoms with E-state index >= 15 is 0 Å². The Hall–Kier alpha value is -4.68. The molecule has 1 amide bonds. The first kappa shape index (κ1) is 30.3. The third kappa shape index (κ3) is 6.78. The minimum atomic E-state index is -0.505. The number of rotatable bonds is 12. The second kappa shape index (κ2) is 14.3. The van der Waals surface area contributed by atoms with Gasteiger partial charge in [0.2, 0.25) is 11.7 Å². The Balaban J connectivity index is 1.78. The molecular weight excluding hydrogens is 550 g/mol.